The van der Waals surface area contributed by atoms with Crippen LogP contribution in [0.4, 0.5) is 5.69 Å². The number of carboxylic acid groups (broad SMARTS) is 1. The molecule has 0 heterocycles. The fraction of sp³-hybridized carbons (Fsp3) is 0. The molecule has 0 aliphatic carbocycles. The molecule has 0 bridgehead atoms. The second kappa shape index (κ2) is 2.91. The molecule has 0 aromatic heterocycles. The van der Waals surface area contributed by atoms with Gasteiger partial charge < -0.3 is 15.9 Å². The molecule has 4 nitrogen and oxygen atoms in total. The molecule has 0 saturated heterocycles. The van der Waals surface area contributed by atoms with Crippen LogP contribution in [0.25, 0.3) is 0 Å². The normalized spacial score (nSPS) is 9.75. The van der Waals surface area contributed by atoms with Gasteiger partial charge in [-0.15, -0.1) is 0 Å². The molecule has 1 aromatic carbocycles. The van der Waals surface area contributed by atoms with Crippen LogP contribution in [0.5, 0.6) is 5.75 Å². The number of carboxylic acids is 1. The van der Waals surface area contributed by atoms with Crippen molar-refractivity contribution >= 4 is 23.3 Å². The number of hydrogen-bond donors (Lipinski definition) is 3. The molecular formula is C7H6ClNO3. The third-order valence-corrected chi connectivity index (χ3v) is 1.63. The lowest BCUT2D eigenvalue weighted by atomic mass is 10.2. The molecular weight excluding hydrogens is 182 g/mol. The molecule has 0 saturated carbocycles. The fourth-order valence-corrected chi connectivity index (χ4v) is 0.970. The lowest BCUT2D eigenvalue weighted by Crippen LogP contribution is -1.98. The Kier molecular flexibility index (Phi) is 2.10. The molecule has 0 radical (unpaired) electrons. The van der Waals surface area contributed by atoms with Crippen molar-refractivity contribution in [1.29, 1.82) is 0 Å². The molecule has 1 aromatic rings. The summed E-state index contributed by atoms with van der Waals surface area (Å²) in [5, 5.41) is 17.5. The predicted molar refractivity (Wildman–Crippen MR) is 44.5 cm³/mol. The lowest BCUT2D eigenvalue weighted by molar-refractivity contribution is 0.0697. The van der Waals surface area contributed by atoms with Gasteiger partial charge in [-0.3, -0.25) is 0 Å². The Morgan fingerprint density at radius 2 is 2.08 bits per heavy atom. The molecule has 0 aliphatic heterocycles. The third kappa shape index (κ3) is 1.43. The van der Waals surface area contributed by atoms with E-state index >= 15 is 0 Å². The average molecular weight is 188 g/mol. The molecule has 64 valence electrons. The van der Waals surface area contributed by atoms with Gasteiger partial charge in [-0.05, 0) is 12.1 Å². The van der Waals surface area contributed by atoms with Gasteiger partial charge in [0, 0.05) is 0 Å². The molecule has 12 heavy (non-hydrogen) atoms. The Bertz CT molecular complexity index is 314. The summed E-state index contributed by atoms with van der Waals surface area (Å²) in [7, 11) is 0. The number of phenolic OH excluding ortho intramolecular Hbond substituents is 1. The van der Waals surface area contributed by atoms with Gasteiger partial charge in [0.2, 0.25) is 0 Å². The van der Waals surface area contributed by atoms with Crippen molar-refractivity contribution in [2.24, 2.45) is 0 Å². The maximum atomic E-state index is 10.4. The largest absolute Gasteiger partial charge is 0.504 e. The molecule has 5 heteroatoms. The first-order valence-electron chi connectivity index (χ1n) is 3.03. The number of nitrogen functional groups attached to an aromatic ring is 1. The van der Waals surface area contributed by atoms with Crippen LogP contribution in [0.1, 0.15) is 10.4 Å². The highest BCUT2D eigenvalue weighted by atomic mass is 35.5. The first-order valence-corrected chi connectivity index (χ1v) is 3.41. The van der Waals surface area contributed by atoms with E-state index in [0.717, 1.165) is 12.1 Å². The SMILES string of the molecule is Nc1cc(C(=O)O)cc(Cl)c1O. The van der Waals surface area contributed by atoms with Crippen LogP contribution < -0.4 is 5.73 Å². The minimum absolute atomic E-state index is 0.0418. The summed E-state index contributed by atoms with van der Waals surface area (Å²) in [6, 6.07) is 2.28. The Labute approximate surface area is 73.2 Å². The first-order chi connectivity index (χ1) is 5.52. The summed E-state index contributed by atoms with van der Waals surface area (Å²) in [4.78, 5) is 10.4. The van der Waals surface area contributed by atoms with Crippen LogP contribution in [-0.2, 0) is 0 Å². The minimum atomic E-state index is -1.14. The van der Waals surface area contributed by atoms with Gasteiger partial charge in [-0.1, -0.05) is 11.6 Å². The highest BCUT2D eigenvalue weighted by Crippen LogP contribution is 2.30. The van der Waals surface area contributed by atoms with Crippen molar-refractivity contribution in [2.75, 3.05) is 5.73 Å². The van der Waals surface area contributed by atoms with Crippen molar-refractivity contribution in [1.82, 2.24) is 0 Å². The Morgan fingerprint density at radius 3 is 2.50 bits per heavy atom. The molecule has 4 N–H and O–H groups in total. The first kappa shape index (κ1) is 8.67. The van der Waals surface area contributed by atoms with Gasteiger partial charge in [0.25, 0.3) is 0 Å². The molecule has 0 unspecified atom stereocenters. The third-order valence-electron chi connectivity index (χ3n) is 1.34. The van der Waals surface area contributed by atoms with E-state index in [1.807, 2.05) is 0 Å². The van der Waals surface area contributed by atoms with Gasteiger partial charge in [0.1, 0.15) is 0 Å². The molecule has 0 aliphatic rings. The lowest BCUT2D eigenvalue weighted by Gasteiger charge is -2.02. The van der Waals surface area contributed by atoms with E-state index in [9.17, 15) is 4.79 Å². The summed E-state index contributed by atoms with van der Waals surface area (Å²) in [5.41, 5.74) is 5.17. The number of aromatic hydroxyl groups is 1. The topological polar surface area (TPSA) is 83.6 Å². The summed E-state index contributed by atoms with van der Waals surface area (Å²) in [6.07, 6.45) is 0. The second-order valence-corrected chi connectivity index (χ2v) is 2.61. The maximum Gasteiger partial charge on any atom is 0.335 e. The van der Waals surface area contributed by atoms with Crippen molar-refractivity contribution in [2.45, 2.75) is 0 Å². The Hall–Kier alpha value is -1.42. The van der Waals surface area contributed by atoms with E-state index in [4.69, 9.17) is 27.5 Å². The summed E-state index contributed by atoms with van der Waals surface area (Å²) in [5.74, 6) is -1.43. The quantitative estimate of drug-likeness (QED) is 0.458. The van der Waals surface area contributed by atoms with E-state index in [-0.39, 0.29) is 22.0 Å². The van der Waals surface area contributed by atoms with Gasteiger partial charge in [-0.2, -0.15) is 0 Å². The van der Waals surface area contributed by atoms with Crippen molar-refractivity contribution in [3.05, 3.63) is 22.7 Å². The van der Waals surface area contributed by atoms with E-state index in [1.54, 1.807) is 0 Å². The zero-order valence-corrected chi connectivity index (χ0v) is 6.67. The van der Waals surface area contributed by atoms with Crippen molar-refractivity contribution in [3.63, 3.8) is 0 Å². The second-order valence-electron chi connectivity index (χ2n) is 2.20. The highest BCUT2D eigenvalue weighted by molar-refractivity contribution is 6.32. The maximum absolute atomic E-state index is 10.4. The molecule has 0 amide bonds. The molecule has 0 spiro atoms. The fourth-order valence-electron chi connectivity index (χ4n) is 0.744. The van der Waals surface area contributed by atoms with Gasteiger partial charge in [-0.25, -0.2) is 4.79 Å². The van der Waals surface area contributed by atoms with E-state index in [1.165, 1.54) is 0 Å². The summed E-state index contributed by atoms with van der Waals surface area (Å²) < 4.78 is 0. The molecule has 0 fully saturated rings. The number of halogens is 1. The van der Waals surface area contributed by atoms with Crippen molar-refractivity contribution < 1.29 is 15.0 Å². The highest BCUT2D eigenvalue weighted by Gasteiger charge is 2.09. The predicted octanol–water partition coefficient (Wildman–Crippen LogP) is 1.33. The van der Waals surface area contributed by atoms with Crippen LogP contribution in [-0.4, -0.2) is 16.2 Å². The average Bonchev–Trinajstić information content (AvgIpc) is 1.99. The van der Waals surface area contributed by atoms with Gasteiger partial charge in [0.05, 0.1) is 16.3 Å². The zero-order valence-electron chi connectivity index (χ0n) is 5.91. The number of rotatable bonds is 1. The molecule has 0 atom stereocenters. The summed E-state index contributed by atoms with van der Waals surface area (Å²) >= 11 is 5.47. The number of carbonyl (C=O) groups is 1. The standard InChI is InChI=1S/C7H6ClNO3/c8-4-1-3(7(11)12)2-5(9)6(4)10/h1-2,10H,9H2,(H,11,12). The number of aromatic carboxylic acids is 1. The van der Waals surface area contributed by atoms with Crippen molar-refractivity contribution in [3.8, 4) is 5.75 Å². The van der Waals surface area contributed by atoms with Gasteiger partial charge >= 0.3 is 5.97 Å². The monoisotopic (exact) mass is 187 g/mol. The Balaban J connectivity index is 3.31. The van der Waals surface area contributed by atoms with E-state index < -0.39 is 5.97 Å². The van der Waals surface area contributed by atoms with Crippen LogP contribution in [0, 0.1) is 0 Å². The smallest absolute Gasteiger partial charge is 0.335 e. The number of anilines is 1. The van der Waals surface area contributed by atoms with Gasteiger partial charge in [0.15, 0.2) is 5.75 Å². The Morgan fingerprint density at radius 1 is 1.50 bits per heavy atom. The van der Waals surface area contributed by atoms with Crippen LogP contribution >= 0.6 is 11.6 Å². The van der Waals surface area contributed by atoms with E-state index in [0.29, 0.717) is 0 Å². The number of nitrogens with two attached hydrogens (primary N) is 1. The van der Waals surface area contributed by atoms with Crippen LogP contribution in [0.2, 0.25) is 5.02 Å². The van der Waals surface area contributed by atoms with Crippen LogP contribution in [0.15, 0.2) is 12.1 Å². The number of benzene rings is 1. The molecule has 1 rings (SSSR count). The van der Waals surface area contributed by atoms with E-state index in [2.05, 4.69) is 0 Å². The van der Waals surface area contributed by atoms with Crippen LogP contribution in [0.3, 0.4) is 0 Å². The summed E-state index contributed by atoms with van der Waals surface area (Å²) in [6.45, 7) is 0. The minimum Gasteiger partial charge on any atom is -0.504 e. The number of phenols is 1. The number of hydrogen-bond acceptors (Lipinski definition) is 3. The zero-order chi connectivity index (χ0) is 9.30.